The third kappa shape index (κ3) is 929. The molecule has 0 nitrogen and oxygen atoms in total. The SMILES string of the molecule is C.[CH2-]C.[CH3-].[CH3-].[CH3-].[CH3-].[CH3-].[CH3-].[CH3-].[CH3-].[CH3-].[CH3-].[CH3-].[CH3-].[CH3-].[CH3-].[CH3-].[CH3-].[CH3-].[CH3-].[CH3-].[CH3-].[CH3-].[CH3-].[CH3-].[CH3-].[CH3-].[CH3-].[CH3-].[Y+3].[Y+3].[Y+3].[Y+3].[Y+3].[Y+3].[Y].[Y].[Y].[Y]. The topological polar surface area (TPSA) is 0 Å². The fourth-order valence-electron chi connectivity index (χ4n) is 0. The molecule has 0 saturated heterocycles. The summed E-state index contributed by atoms with van der Waals surface area (Å²) in [5.74, 6) is 0. The van der Waals surface area contributed by atoms with Crippen molar-refractivity contribution in [3.05, 3.63) is 207 Å². The molecule has 0 unspecified atom stereocenters. The second-order valence-electron chi connectivity index (χ2n) is 0. The van der Waals surface area contributed by atoms with Crippen molar-refractivity contribution in [1.29, 1.82) is 0 Å². The van der Waals surface area contributed by atoms with Gasteiger partial charge in [0.05, 0.1) is 0 Å². The van der Waals surface area contributed by atoms with Gasteiger partial charge in [-0.25, -0.2) is 0 Å². The second kappa shape index (κ2) is 987. The summed E-state index contributed by atoms with van der Waals surface area (Å²) in [4.78, 5) is 0. The fourth-order valence-corrected chi connectivity index (χ4v) is 0. The number of hydrogen-bond acceptors (Lipinski definition) is 0. The molecular weight excluding hydrogens is 1250 g/mol. The van der Waals surface area contributed by atoms with Crippen LogP contribution in [0.3, 0.4) is 0 Å². The Hall–Kier alpha value is 11.0. The van der Waals surface area contributed by atoms with E-state index in [9.17, 15) is 0 Å². The van der Waals surface area contributed by atoms with Gasteiger partial charge in [-0.05, 0) is 0 Å². The molecule has 0 heterocycles. The van der Waals surface area contributed by atoms with Gasteiger partial charge < -0.3 is 207 Å². The van der Waals surface area contributed by atoms with Crippen LogP contribution in [-0.4, -0.2) is 0 Å². The first-order valence-electron chi connectivity index (χ1n) is 0.707. The van der Waals surface area contributed by atoms with Crippen LogP contribution in [0.4, 0.5) is 0 Å². The molecule has 0 N–H and O–H groups in total. The van der Waals surface area contributed by atoms with Crippen LogP contribution in [0.25, 0.3) is 0 Å². The van der Waals surface area contributed by atoms with E-state index in [0.717, 1.165) is 0 Å². The molecule has 0 aromatic heterocycles. The van der Waals surface area contributed by atoms with Crippen molar-refractivity contribution in [3.8, 4) is 0 Å². The maximum Gasteiger partial charge on any atom is 3.00 e. The molecule has 40 heavy (non-hydrogen) atoms. The molecule has 250 valence electrons. The molecule has 0 rings (SSSR count). The number of hydrogen-bond donors (Lipinski definition) is 0. The molecule has 0 bridgehead atoms. The first-order chi connectivity index (χ1) is 1.00. The Bertz CT molecular complexity index is 32.5. The maximum absolute atomic E-state index is 3.25. The zero-order valence-corrected chi connectivity index (χ0v) is 62.9. The van der Waals surface area contributed by atoms with Crippen LogP contribution < -0.4 is 0 Å². The standard InChI is InChI=1S/C2H5.CH4.27CH3.10Y/c1-2;;;;;;;;;;;;;;;;;;;;;;;;;;;;;;;;;;;;;;/h1H2,2H3;1H4;27*1H3;;;;;;;;;;/q-1;;27*-1;;;;;6*+3. The van der Waals surface area contributed by atoms with E-state index in [-0.39, 0.29) is 535 Å². The van der Waals surface area contributed by atoms with Crippen LogP contribution >= 0.6 is 0 Å². The summed E-state index contributed by atoms with van der Waals surface area (Å²) in [6.45, 7) is 5.00. The Morgan fingerprint density at radius 1 is 0.175 bits per heavy atom. The maximum atomic E-state index is 3.25. The summed E-state index contributed by atoms with van der Waals surface area (Å²) < 4.78 is 0. The Kier molecular flexibility index (Phi) is 21800. The van der Waals surface area contributed by atoms with Crippen LogP contribution in [0, 0.1) is 207 Å². The van der Waals surface area contributed by atoms with E-state index in [1.54, 1.807) is 6.92 Å². The Morgan fingerprint density at radius 2 is 0.175 bits per heavy atom. The Balaban J connectivity index is -0.00000000000711. The van der Waals surface area contributed by atoms with Gasteiger partial charge in [-0.2, -0.15) is 6.92 Å². The van der Waals surface area contributed by atoms with Gasteiger partial charge in [0.2, 0.25) is 0 Å². The molecule has 0 fully saturated rings. The smallest absolute Gasteiger partial charge is 0.358 e. The molecule has 0 spiro atoms. The third-order valence-corrected chi connectivity index (χ3v) is 0. The minimum Gasteiger partial charge on any atom is -0.358 e. The van der Waals surface area contributed by atoms with Gasteiger partial charge >= 0.3 is 196 Å². The first-order valence-corrected chi connectivity index (χ1v) is 0.707. The van der Waals surface area contributed by atoms with Crippen molar-refractivity contribution in [2.75, 3.05) is 0 Å². The van der Waals surface area contributed by atoms with Gasteiger partial charge in [0.25, 0.3) is 0 Å². The molecule has 4 radical (unpaired) electrons. The van der Waals surface area contributed by atoms with Gasteiger partial charge in [0.15, 0.2) is 0 Å². The van der Waals surface area contributed by atoms with Gasteiger partial charge in [0.1, 0.15) is 0 Å². The monoisotopic (exact) mass is 1340 g/mol. The van der Waals surface area contributed by atoms with E-state index in [1.165, 1.54) is 0 Å². The quantitative estimate of drug-likeness (QED) is 0.212. The molecule has 0 amide bonds. The van der Waals surface area contributed by atoms with Crippen molar-refractivity contribution < 1.29 is 327 Å². The zero-order chi connectivity index (χ0) is 2.00. The van der Waals surface area contributed by atoms with Gasteiger partial charge in [-0.1, -0.05) is 7.43 Å². The van der Waals surface area contributed by atoms with Gasteiger partial charge in [-0.15, -0.1) is 0 Å². The normalized spacial score (nSPS) is 0.150. The Morgan fingerprint density at radius 3 is 0.175 bits per heavy atom. The van der Waals surface area contributed by atoms with Crippen LogP contribution in [-0.2, 0) is 327 Å². The van der Waals surface area contributed by atoms with E-state index in [0.29, 0.717) is 0 Å². The molecule has 0 aliphatic rings. The molecule has 0 aliphatic carbocycles. The molecule has 0 aromatic carbocycles. The predicted octanol–water partition coefficient (Wildman–Crippen LogP) is 13.6. The fraction of sp³-hybridized carbons (Fsp3) is 0.0667. The first kappa shape index (κ1) is 882. The van der Waals surface area contributed by atoms with Crippen molar-refractivity contribution in [1.82, 2.24) is 0 Å². The molecule has 0 aromatic rings. The average Bonchev–Trinajstić information content (AvgIpc) is 1.00. The van der Waals surface area contributed by atoms with Crippen molar-refractivity contribution in [2.45, 2.75) is 14.4 Å². The third-order valence-electron chi connectivity index (χ3n) is 0. The molecule has 10 heteroatoms. The zero-order valence-electron chi connectivity index (χ0n) is 34.5. The summed E-state index contributed by atoms with van der Waals surface area (Å²) in [6, 6.07) is 0. The molecule has 0 saturated carbocycles. The average molecular weight is 1340 g/mol. The summed E-state index contributed by atoms with van der Waals surface area (Å²) >= 11 is 0. The van der Waals surface area contributed by atoms with E-state index >= 15 is 0 Å². The van der Waals surface area contributed by atoms with Gasteiger partial charge in [0, 0.05) is 131 Å². The van der Waals surface area contributed by atoms with Crippen molar-refractivity contribution in [3.63, 3.8) is 0 Å². The van der Waals surface area contributed by atoms with Gasteiger partial charge in [-0.3, -0.25) is 0 Å². The summed E-state index contributed by atoms with van der Waals surface area (Å²) in [7, 11) is 0. The van der Waals surface area contributed by atoms with E-state index < -0.39 is 0 Å². The molecule has 0 aliphatic heterocycles. The largest absolute Gasteiger partial charge is 3.00 e. The minimum atomic E-state index is 0. The predicted molar refractivity (Wildman–Crippen MR) is 191 cm³/mol. The van der Waals surface area contributed by atoms with E-state index in [4.69, 9.17) is 0 Å². The van der Waals surface area contributed by atoms with E-state index in [2.05, 4.69) is 6.92 Å². The Labute approximate surface area is 535 Å². The minimum absolute atomic E-state index is 0. The van der Waals surface area contributed by atoms with Crippen LogP contribution in [0.1, 0.15) is 14.4 Å². The van der Waals surface area contributed by atoms with Crippen LogP contribution in [0.2, 0.25) is 0 Å². The summed E-state index contributed by atoms with van der Waals surface area (Å²) in [6.07, 6.45) is 0. The number of rotatable bonds is 0. The van der Waals surface area contributed by atoms with Crippen LogP contribution in [0.5, 0.6) is 0 Å². The molecule has 0 atom stereocenters. The van der Waals surface area contributed by atoms with Crippen molar-refractivity contribution >= 4 is 0 Å². The summed E-state index contributed by atoms with van der Waals surface area (Å²) in [5, 5.41) is 0. The molecular formula is C30H90Y10-10. The summed E-state index contributed by atoms with van der Waals surface area (Å²) in [5.41, 5.74) is 0. The van der Waals surface area contributed by atoms with Crippen molar-refractivity contribution in [2.24, 2.45) is 0 Å². The second-order valence-corrected chi connectivity index (χ2v) is 0. The van der Waals surface area contributed by atoms with Crippen LogP contribution in [0.15, 0.2) is 0 Å². The van der Waals surface area contributed by atoms with E-state index in [1.807, 2.05) is 0 Å².